The first kappa shape index (κ1) is 20.5. The van der Waals surface area contributed by atoms with E-state index in [1.54, 1.807) is 6.20 Å². The third kappa shape index (κ3) is 3.95. The summed E-state index contributed by atoms with van der Waals surface area (Å²) < 4.78 is 1.88. The molecule has 0 aliphatic heterocycles. The Labute approximate surface area is 181 Å². The Morgan fingerprint density at radius 2 is 1.69 bits per heavy atom. The maximum atomic E-state index is 4.33. The molecule has 3 aromatic carbocycles. The van der Waals surface area contributed by atoms with Crippen LogP contribution in [-0.4, -0.2) is 13.5 Å². The number of rotatable bonds is 2. The Kier molecular flexibility index (Phi) is 6.86. The van der Waals surface area contributed by atoms with Gasteiger partial charge in [-0.1, -0.05) is 36.8 Å². The van der Waals surface area contributed by atoms with Gasteiger partial charge in [0.05, 0.1) is 6.20 Å². The minimum atomic E-state index is 0. The number of nitrogens with zero attached hydrogens (tertiary/aromatic N) is 2. The summed E-state index contributed by atoms with van der Waals surface area (Å²) in [6, 6.07) is 27.8. The van der Waals surface area contributed by atoms with Crippen molar-refractivity contribution in [1.29, 1.82) is 0 Å². The molecular weight excluding hydrogens is 392 g/mol. The minimum Gasteiger partial charge on any atom is -0.209 e. The molecule has 122 valence electrons. The van der Waals surface area contributed by atoms with Crippen molar-refractivity contribution in [1.82, 2.24) is 5.10 Å². The molecule has 26 heavy (non-hydrogen) atoms. The van der Waals surface area contributed by atoms with Gasteiger partial charge >= 0.3 is 0 Å². The van der Waals surface area contributed by atoms with Crippen LogP contribution in [0.3, 0.4) is 0 Å². The van der Waals surface area contributed by atoms with Gasteiger partial charge in [0.2, 0.25) is 0 Å². The Morgan fingerprint density at radius 1 is 0.923 bits per heavy atom. The molecule has 2 nitrogen and oxygen atoms in total. The molecule has 0 unspecified atom stereocenters. The third-order valence-electron chi connectivity index (χ3n) is 4.31. The largest absolute Gasteiger partial charge is 0.209 e. The number of aryl methyl sites for hydroxylation is 2. The van der Waals surface area contributed by atoms with Crippen molar-refractivity contribution in [3.8, 4) is 22.4 Å². The molecule has 0 amide bonds. The third-order valence-corrected chi connectivity index (χ3v) is 4.31. The Morgan fingerprint density at radius 3 is 2.46 bits per heavy atom. The van der Waals surface area contributed by atoms with Crippen LogP contribution in [0.2, 0.25) is 0 Å². The summed E-state index contributed by atoms with van der Waals surface area (Å²) in [6.07, 6.45) is 1.79. The van der Waals surface area contributed by atoms with Crippen molar-refractivity contribution in [3.05, 3.63) is 84.6 Å². The van der Waals surface area contributed by atoms with Crippen molar-refractivity contribution in [2.24, 2.45) is 7.05 Å². The average Bonchev–Trinajstić information content (AvgIpc) is 2.62. The molecule has 0 saturated carbocycles. The monoisotopic (exact) mass is 409 g/mol. The van der Waals surface area contributed by atoms with Gasteiger partial charge in [0, 0.05) is 41.1 Å². The Hall–Kier alpha value is -1.83. The van der Waals surface area contributed by atoms with E-state index in [0.29, 0.717) is 0 Å². The average molecular weight is 409 g/mol. The van der Waals surface area contributed by atoms with Gasteiger partial charge in [-0.05, 0) is 17.2 Å². The molecule has 4 heteroatoms. The molecule has 0 fully saturated rings. The molecular formula is C22H17BN2Y-. The topological polar surface area (TPSA) is 16.8 Å². The molecule has 0 saturated heterocycles. The second-order valence-electron chi connectivity index (χ2n) is 5.94. The number of hydrogen-bond acceptors (Lipinski definition) is 1. The van der Waals surface area contributed by atoms with E-state index in [2.05, 4.69) is 66.6 Å². The second-order valence-corrected chi connectivity index (χ2v) is 5.94. The molecule has 1 heterocycles. The van der Waals surface area contributed by atoms with Crippen LogP contribution >= 0.6 is 0 Å². The predicted octanol–water partition coefficient (Wildman–Crippen LogP) is 3.92. The van der Waals surface area contributed by atoms with Crippen molar-refractivity contribution < 1.29 is 37.4 Å². The Balaban J connectivity index is 0.00000121. The molecule has 4 aromatic rings. The van der Waals surface area contributed by atoms with Crippen LogP contribution < -0.4 is 4.68 Å². The van der Waals surface area contributed by atoms with Crippen molar-refractivity contribution in [2.75, 3.05) is 0 Å². The van der Waals surface area contributed by atoms with E-state index in [1.165, 1.54) is 16.3 Å². The molecule has 0 atom stereocenters. The van der Waals surface area contributed by atoms with E-state index in [-0.39, 0.29) is 41.1 Å². The zero-order valence-electron chi connectivity index (χ0n) is 14.9. The smallest absolute Gasteiger partial charge is 0.175 e. The summed E-state index contributed by atoms with van der Waals surface area (Å²) in [6.45, 7) is 2.10. The zero-order valence-corrected chi connectivity index (χ0v) is 17.7. The van der Waals surface area contributed by atoms with Crippen molar-refractivity contribution in [3.63, 3.8) is 0 Å². The van der Waals surface area contributed by atoms with Crippen molar-refractivity contribution >= 4 is 19.2 Å². The van der Waals surface area contributed by atoms with Crippen LogP contribution in [0.1, 0.15) is 5.56 Å². The number of hydrogen-bond donors (Lipinski definition) is 0. The van der Waals surface area contributed by atoms with Gasteiger partial charge in [0.1, 0.15) is 0 Å². The van der Waals surface area contributed by atoms with E-state index < -0.39 is 0 Å². The number of aromatic nitrogens is 2. The van der Waals surface area contributed by atoms with Gasteiger partial charge in [-0.2, -0.15) is 29.8 Å². The van der Waals surface area contributed by atoms with E-state index in [9.17, 15) is 0 Å². The second kappa shape index (κ2) is 8.70. The summed E-state index contributed by atoms with van der Waals surface area (Å²) in [4.78, 5) is 0. The maximum Gasteiger partial charge on any atom is 0.175 e. The fourth-order valence-electron chi connectivity index (χ4n) is 2.96. The number of fused-ring (bicyclic) bond motifs is 1. The van der Waals surface area contributed by atoms with Crippen molar-refractivity contribution in [2.45, 2.75) is 6.92 Å². The van der Waals surface area contributed by atoms with Gasteiger partial charge in [0.15, 0.2) is 12.7 Å². The van der Waals surface area contributed by atoms with E-state index >= 15 is 0 Å². The van der Waals surface area contributed by atoms with Crippen LogP contribution in [0.5, 0.6) is 0 Å². The minimum absolute atomic E-state index is 0. The molecule has 0 N–H and O–H groups in total. The van der Waals surface area contributed by atoms with Gasteiger partial charge in [-0.25, -0.2) is 5.56 Å². The molecule has 4 radical (unpaired) electrons. The fraction of sp³-hybridized carbons (Fsp3) is 0.0909. The Bertz CT molecular complexity index is 1050. The van der Waals surface area contributed by atoms with Gasteiger partial charge < -0.3 is 0 Å². The first-order chi connectivity index (χ1) is 11.7. The summed E-state index contributed by atoms with van der Waals surface area (Å²) in [7, 11) is 1.96. The van der Waals surface area contributed by atoms with E-state index in [0.717, 1.165) is 22.4 Å². The zero-order chi connectivity index (χ0) is 16.5. The van der Waals surface area contributed by atoms with Gasteiger partial charge in [-0.15, -0.1) is 33.2 Å². The van der Waals surface area contributed by atoms with Crippen LogP contribution in [0.15, 0.2) is 66.9 Å². The van der Waals surface area contributed by atoms with Crippen LogP contribution in [-0.2, 0) is 39.8 Å². The van der Waals surface area contributed by atoms with E-state index in [1.807, 2.05) is 29.9 Å². The maximum absolute atomic E-state index is 4.33. The van der Waals surface area contributed by atoms with Crippen LogP contribution in [0.25, 0.3) is 33.2 Å². The molecule has 0 aliphatic carbocycles. The van der Waals surface area contributed by atoms with Crippen LogP contribution in [0.4, 0.5) is 0 Å². The normalized spacial score (nSPS) is 10.1. The molecule has 0 spiro atoms. The first-order valence-corrected chi connectivity index (χ1v) is 7.98. The summed E-state index contributed by atoms with van der Waals surface area (Å²) >= 11 is 0. The summed E-state index contributed by atoms with van der Waals surface area (Å²) in [5, 5.41) is 6.75. The molecule has 1 aromatic heterocycles. The first-order valence-electron chi connectivity index (χ1n) is 7.98. The van der Waals surface area contributed by atoms with E-state index in [4.69, 9.17) is 0 Å². The summed E-state index contributed by atoms with van der Waals surface area (Å²) in [5.74, 6) is 0. The summed E-state index contributed by atoms with van der Waals surface area (Å²) in [5.41, 5.74) is 5.41. The number of benzene rings is 3. The van der Waals surface area contributed by atoms with Gasteiger partial charge in [0.25, 0.3) is 0 Å². The van der Waals surface area contributed by atoms with Crippen LogP contribution in [0, 0.1) is 19.1 Å². The standard InChI is InChI=1S/C22H17N2.B.Y/c1-16-9-10-20(15-21(16)22-8-5-13-23-24(22)2)19-12-11-17-6-3-4-7-18(17)14-19;;/h3-11,13-14H,1-2H3;;/q-1;;. The fourth-order valence-corrected chi connectivity index (χ4v) is 2.96. The van der Waals surface area contributed by atoms with Gasteiger partial charge in [-0.3, -0.25) is 0 Å². The molecule has 0 bridgehead atoms. The SMILES string of the molecule is Cc1ccc(-c2[c-]cc3ccccc3c2)[c-]c1-c1cccn[n+]1C.[B].[Y]. The molecule has 0 aliphatic rings. The quantitative estimate of drug-likeness (QED) is 0.279. The predicted molar refractivity (Wildman–Crippen MR) is 102 cm³/mol. The molecule has 4 rings (SSSR count).